The topological polar surface area (TPSA) is 43.4 Å². The predicted octanol–water partition coefficient (Wildman–Crippen LogP) is 0.593. The number of esters is 1. The Morgan fingerprint density at radius 2 is 1.92 bits per heavy atom. The standard InChI is InChI=1S/C9H8O3S/c1-12-9(10)8(13-11)7-5-3-2-4-6-7/h2-6H,1H3. The number of carbonyl (C=O) groups excluding carboxylic acids is 1. The van der Waals surface area contributed by atoms with E-state index >= 15 is 0 Å². The minimum atomic E-state index is -0.591. The fraction of sp³-hybridized carbons (Fsp3) is 0.111. The van der Waals surface area contributed by atoms with Crippen LogP contribution in [-0.2, 0) is 20.8 Å². The van der Waals surface area contributed by atoms with Crippen molar-refractivity contribution in [3.05, 3.63) is 35.9 Å². The Bertz CT molecular complexity index is 352. The van der Waals surface area contributed by atoms with Gasteiger partial charge in [0.15, 0.2) is 4.86 Å². The maximum absolute atomic E-state index is 11.1. The van der Waals surface area contributed by atoms with Crippen LogP contribution < -0.4 is 0 Å². The molecule has 0 unspecified atom stereocenters. The molecule has 0 aliphatic heterocycles. The molecule has 0 bridgehead atoms. The highest BCUT2D eigenvalue weighted by Crippen LogP contribution is 2.00. The van der Waals surface area contributed by atoms with Gasteiger partial charge in [-0.25, -0.2) is 9.00 Å². The molecule has 1 aromatic carbocycles. The van der Waals surface area contributed by atoms with Gasteiger partial charge in [-0.1, -0.05) is 30.3 Å². The van der Waals surface area contributed by atoms with Gasteiger partial charge in [-0.2, -0.15) is 0 Å². The molecular formula is C9H8O3S. The number of ether oxygens (including phenoxy) is 1. The molecule has 3 nitrogen and oxygen atoms in total. The Morgan fingerprint density at radius 3 is 2.38 bits per heavy atom. The van der Waals surface area contributed by atoms with Crippen LogP contribution in [0.4, 0.5) is 0 Å². The average molecular weight is 196 g/mol. The van der Waals surface area contributed by atoms with E-state index in [1.165, 1.54) is 7.11 Å². The Morgan fingerprint density at radius 1 is 1.31 bits per heavy atom. The predicted molar refractivity (Wildman–Crippen MR) is 50.7 cm³/mol. The molecule has 0 saturated heterocycles. The Labute approximate surface area is 79.4 Å². The monoisotopic (exact) mass is 196 g/mol. The Kier molecular flexibility index (Phi) is 3.40. The van der Waals surface area contributed by atoms with Gasteiger partial charge in [0.2, 0.25) is 0 Å². The molecule has 0 aliphatic rings. The van der Waals surface area contributed by atoms with Crippen LogP contribution in [-0.4, -0.2) is 22.2 Å². The van der Waals surface area contributed by atoms with Crippen LogP contribution in [0.2, 0.25) is 0 Å². The van der Waals surface area contributed by atoms with E-state index in [9.17, 15) is 9.00 Å². The van der Waals surface area contributed by atoms with Gasteiger partial charge in [0.25, 0.3) is 0 Å². The smallest absolute Gasteiger partial charge is 0.351 e. The SMILES string of the molecule is COC(=O)C(=S=O)c1ccccc1. The first kappa shape index (κ1) is 9.67. The number of methoxy groups -OCH3 is 1. The van der Waals surface area contributed by atoms with E-state index < -0.39 is 5.97 Å². The lowest BCUT2D eigenvalue weighted by atomic mass is 10.1. The van der Waals surface area contributed by atoms with Crippen molar-refractivity contribution in [2.45, 2.75) is 0 Å². The minimum absolute atomic E-state index is 0.0862. The number of benzene rings is 1. The first-order valence-corrected chi connectivity index (χ1v) is 4.34. The highest BCUT2D eigenvalue weighted by molar-refractivity contribution is 7.69. The second-order valence-corrected chi connectivity index (χ2v) is 2.84. The third-order valence-corrected chi connectivity index (χ3v) is 2.06. The lowest BCUT2D eigenvalue weighted by Gasteiger charge is -1.99. The Hall–Kier alpha value is -1.42. The van der Waals surface area contributed by atoms with Crippen LogP contribution in [0.25, 0.3) is 0 Å². The van der Waals surface area contributed by atoms with Crippen LogP contribution in [0.5, 0.6) is 0 Å². The summed E-state index contributed by atoms with van der Waals surface area (Å²) in [5.41, 5.74) is 0.592. The fourth-order valence-corrected chi connectivity index (χ4v) is 1.27. The summed E-state index contributed by atoms with van der Waals surface area (Å²) in [4.78, 5) is 11.1. The zero-order chi connectivity index (χ0) is 9.68. The van der Waals surface area contributed by atoms with Crippen molar-refractivity contribution in [2.24, 2.45) is 0 Å². The van der Waals surface area contributed by atoms with Crippen molar-refractivity contribution in [3.63, 3.8) is 0 Å². The van der Waals surface area contributed by atoms with Gasteiger partial charge in [0.1, 0.15) is 11.3 Å². The molecule has 0 heterocycles. The molecular weight excluding hydrogens is 188 g/mol. The van der Waals surface area contributed by atoms with E-state index in [0.29, 0.717) is 5.56 Å². The lowest BCUT2D eigenvalue weighted by molar-refractivity contribution is -0.132. The maximum Gasteiger partial charge on any atom is 0.351 e. The molecule has 0 spiro atoms. The molecule has 0 aromatic heterocycles. The van der Waals surface area contributed by atoms with Crippen LogP contribution in [0, 0.1) is 0 Å². The maximum atomic E-state index is 11.1. The molecule has 68 valence electrons. The number of rotatable bonds is 2. The van der Waals surface area contributed by atoms with Crippen molar-refractivity contribution >= 4 is 22.1 Å². The average Bonchev–Trinajstić information content (AvgIpc) is 2.20. The van der Waals surface area contributed by atoms with Crippen molar-refractivity contribution in [3.8, 4) is 0 Å². The summed E-state index contributed by atoms with van der Waals surface area (Å²) >= 11 is 0.148. The summed E-state index contributed by atoms with van der Waals surface area (Å²) in [5.74, 6) is -0.591. The molecule has 0 saturated carbocycles. The molecule has 0 atom stereocenters. The normalized spacial score (nSPS) is 9.00. The fourth-order valence-electron chi connectivity index (χ4n) is 0.882. The number of hydrogen-bond donors (Lipinski definition) is 0. The van der Waals surface area contributed by atoms with E-state index in [1.54, 1.807) is 24.3 Å². The van der Waals surface area contributed by atoms with Crippen molar-refractivity contribution in [1.29, 1.82) is 0 Å². The van der Waals surface area contributed by atoms with Crippen molar-refractivity contribution in [2.75, 3.05) is 7.11 Å². The van der Waals surface area contributed by atoms with Crippen LogP contribution in [0.1, 0.15) is 5.56 Å². The highest BCUT2D eigenvalue weighted by atomic mass is 32.1. The summed E-state index contributed by atoms with van der Waals surface area (Å²) in [5, 5.41) is 0. The van der Waals surface area contributed by atoms with Crippen molar-refractivity contribution in [1.82, 2.24) is 0 Å². The second-order valence-electron chi connectivity index (χ2n) is 2.27. The second kappa shape index (κ2) is 4.57. The third kappa shape index (κ3) is 2.26. The van der Waals surface area contributed by atoms with E-state index in [-0.39, 0.29) is 16.1 Å². The molecule has 0 N–H and O–H groups in total. The van der Waals surface area contributed by atoms with Gasteiger partial charge in [-0.3, -0.25) is 0 Å². The molecule has 1 rings (SSSR count). The molecule has 0 radical (unpaired) electrons. The van der Waals surface area contributed by atoms with Gasteiger partial charge in [0.05, 0.1) is 7.11 Å². The first-order valence-electron chi connectivity index (χ1n) is 3.60. The van der Waals surface area contributed by atoms with Gasteiger partial charge < -0.3 is 4.74 Å². The van der Waals surface area contributed by atoms with Crippen LogP contribution in [0.15, 0.2) is 30.3 Å². The van der Waals surface area contributed by atoms with Gasteiger partial charge >= 0.3 is 5.97 Å². The lowest BCUT2D eigenvalue weighted by Crippen LogP contribution is -2.16. The van der Waals surface area contributed by atoms with Gasteiger partial charge in [0, 0.05) is 5.56 Å². The summed E-state index contributed by atoms with van der Waals surface area (Å²) < 4.78 is 15.1. The van der Waals surface area contributed by atoms with Crippen LogP contribution in [0.3, 0.4) is 0 Å². The van der Waals surface area contributed by atoms with E-state index in [1.807, 2.05) is 6.07 Å². The number of carbonyl (C=O) groups is 1. The van der Waals surface area contributed by atoms with Gasteiger partial charge in [-0.05, 0) is 0 Å². The first-order chi connectivity index (χ1) is 6.29. The zero-order valence-corrected chi connectivity index (χ0v) is 7.84. The Balaban J connectivity index is 3.07. The van der Waals surface area contributed by atoms with Gasteiger partial charge in [-0.15, -0.1) is 0 Å². The minimum Gasteiger partial charge on any atom is -0.465 e. The number of hydrogen-bond acceptors (Lipinski definition) is 3. The molecule has 0 fully saturated rings. The molecule has 4 heteroatoms. The zero-order valence-electron chi connectivity index (χ0n) is 7.02. The largest absolute Gasteiger partial charge is 0.465 e. The summed E-state index contributed by atoms with van der Waals surface area (Å²) in [6.45, 7) is 0. The van der Waals surface area contributed by atoms with E-state index in [2.05, 4.69) is 4.74 Å². The van der Waals surface area contributed by atoms with E-state index in [4.69, 9.17) is 0 Å². The van der Waals surface area contributed by atoms with Crippen LogP contribution >= 0.6 is 0 Å². The third-order valence-electron chi connectivity index (χ3n) is 1.49. The summed E-state index contributed by atoms with van der Waals surface area (Å²) in [6.07, 6.45) is 0. The molecule has 13 heavy (non-hydrogen) atoms. The molecule has 0 amide bonds. The molecule has 1 aromatic rings. The van der Waals surface area contributed by atoms with Crippen molar-refractivity contribution < 1.29 is 13.7 Å². The van der Waals surface area contributed by atoms with E-state index in [0.717, 1.165) is 0 Å². The highest BCUT2D eigenvalue weighted by Gasteiger charge is 2.12. The molecule has 0 aliphatic carbocycles. The summed E-state index contributed by atoms with van der Waals surface area (Å²) in [7, 11) is 1.25. The summed E-state index contributed by atoms with van der Waals surface area (Å²) in [6, 6.07) is 8.71. The quantitative estimate of drug-likeness (QED) is 0.395.